The summed E-state index contributed by atoms with van der Waals surface area (Å²) in [5.74, 6) is 0.0551. The molecule has 4 nitrogen and oxygen atoms in total. The number of rotatable bonds is 4. The summed E-state index contributed by atoms with van der Waals surface area (Å²) in [5, 5.41) is 0. The Balaban J connectivity index is 1.81. The quantitative estimate of drug-likeness (QED) is 0.861. The van der Waals surface area contributed by atoms with Crippen molar-refractivity contribution in [2.24, 2.45) is 0 Å². The second kappa shape index (κ2) is 6.57. The third kappa shape index (κ3) is 3.32. The van der Waals surface area contributed by atoms with Gasteiger partial charge in [0.25, 0.3) is 5.91 Å². The average molecular weight is 284 g/mol. The van der Waals surface area contributed by atoms with Crippen molar-refractivity contribution in [2.45, 2.75) is 44.7 Å². The molecule has 2 heterocycles. The van der Waals surface area contributed by atoms with E-state index in [2.05, 4.69) is 4.98 Å². The number of hydrogen-bond donors (Lipinski definition) is 0. The minimum Gasteiger partial charge on any atom is -0.472 e. The summed E-state index contributed by atoms with van der Waals surface area (Å²) in [7, 11) is 0. The second-order valence-electron chi connectivity index (χ2n) is 5.60. The minimum absolute atomic E-state index is 0.0551. The lowest BCUT2D eigenvalue weighted by atomic mass is 9.93. The van der Waals surface area contributed by atoms with Crippen molar-refractivity contribution >= 4 is 5.91 Å². The van der Waals surface area contributed by atoms with Gasteiger partial charge in [-0.1, -0.05) is 25.3 Å². The largest absolute Gasteiger partial charge is 0.472 e. The second-order valence-corrected chi connectivity index (χ2v) is 5.60. The zero-order valence-corrected chi connectivity index (χ0v) is 12.1. The molecule has 1 aliphatic carbocycles. The molecule has 1 amide bonds. The molecule has 0 aromatic carbocycles. The Labute approximate surface area is 124 Å². The van der Waals surface area contributed by atoms with Gasteiger partial charge in [-0.25, -0.2) is 0 Å². The number of nitrogens with zero attached hydrogens (tertiary/aromatic N) is 2. The molecule has 0 saturated heterocycles. The van der Waals surface area contributed by atoms with Gasteiger partial charge in [0, 0.05) is 25.0 Å². The van der Waals surface area contributed by atoms with Crippen molar-refractivity contribution in [3.8, 4) is 0 Å². The molecule has 2 aromatic heterocycles. The standard InChI is InChI=1S/C17H20N2O2/c20-17(15-8-10-21-13-15)19(16-6-2-1-3-7-16)12-14-5-4-9-18-11-14/h4-5,8-11,13,16H,1-3,6-7,12H2. The smallest absolute Gasteiger partial charge is 0.257 e. The van der Waals surface area contributed by atoms with Crippen LogP contribution in [0.4, 0.5) is 0 Å². The molecule has 0 aliphatic heterocycles. The summed E-state index contributed by atoms with van der Waals surface area (Å²) >= 11 is 0. The van der Waals surface area contributed by atoms with E-state index in [9.17, 15) is 4.79 Å². The van der Waals surface area contributed by atoms with Gasteiger partial charge in [0.2, 0.25) is 0 Å². The molecule has 1 aliphatic rings. The molecule has 0 spiro atoms. The van der Waals surface area contributed by atoms with Gasteiger partial charge in [-0.15, -0.1) is 0 Å². The Bertz CT molecular complexity index is 560. The molecular formula is C17H20N2O2. The van der Waals surface area contributed by atoms with Gasteiger partial charge >= 0.3 is 0 Å². The van der Waals surface area contributed by atoms with Gasteiger partial charge in [-0.3, -0.25) is 9.78 Å². The van der Waals surface area contributed by atoms with Crippen molar-refractivity contribution in [3.63, 3.8) is 0 Å². The SMILES string of the molecule is O=C(c1ccoc1)N(Cc1cccnc1)C1CCCCC1. The van der Waals surface area contributed by atoms with Gasteiger partial charge in [0.15, 0.2) is 0 Å². The number of hydrogen-bond acceptors (Lipinski definition) is 3. The van der Waals surface area contributed by atoms with E-state index in [4.69, 9.17) is 4.42 Å². The van der Waals surface area contributed by atoms with Crippen LogP contribution in [0.2, 0.25) is 0 Å². The molecule has 0 bridgehead atoms. The number of furan rings is 1. The summed E-state index contributed by atoms with van der Waals surface area (Å²) in [6, 6.07) is 5.99. The first-order chi connectivity index (χ1) is 10.3. The van der Waals surface area contributed by atoms with Gasteiger partial charge < -0.3 is 9.32 Å². The first kappa shape index (κ1) is 13.9. The van der Waals surface area contributed by atoms with E-state index < -0.39 is 0 Å². The molecule has 0 N–H and O–H groups in total. The van der Waals surface area contributed by atoms with Crippen molar-refractivity contribution in [3.05, 3.63) is 54.2 Å². The Morgan fingerprint density at radius 3 is 2.81 bits per heavy atom. The molecule has 2 aromatic rings. The highest BCUT2D eigenvalue weighted by atomic mass is 16.3. The van der Waals surface area contributed by atoms with Crippen LogP contribution < -0.4 is 0 Å². The summed E-state index contributed by atoms with van der Waals surface area (Å²) in [6.45, 7) is 0.614. The van der Waals surface area contributed by atoms with Crippen LogP contribution in [0.1, 0.15) is 48.0 Å². The van der Waals surface area contributed by atoms with E-state index in [1.165, 1.54) is 25.5 Å². The first-order valence-electron chi connectivity index (χ1n) is 7.56. The Kier molecular flexibility index (Phi) is 4.34. The van der Waals surface area contributed by atoms with E-state index in [0.717, 1.165) is 18.4 Å². The van der Waals surface area contributed by atoms with Crippen LogP contribution in [0.3, 0.4) is 0 Å². The third-order valence-electron chi connectivity index (χ3n) is 4.12. The predicted octanol–water partition coefficient (Wildman–Crippen LogP) is 3.65. The van der Waals surface area contributed by atoms with Crippen LogP contribution in [0, 0.1) is 0 Å². The van der Waals surface area contributed by atoms with Gasteiger partial charge in [-0.05, 0) is 30.5 Å². The highest BCUT2D eigenvalue weighted by molar-refractivity contribution is 5.94. The van der Waals surface area contributed by atoms with Crippen LogP contribution >= 0.6 is 0 Å². The summed E-state index contributed by atoms with van der Waals surface area (Å²) in [6.07, 6.45) is 12.5. The molecule has 0 atom stereocenters. The highest BCUT2D eigenvalue weighted by Crippen LogP contribution is 2.25. The van der Waals surface area contributed by atoms with Crippen LogP contribution in [0.5, 0.6) is 0 Å². The maximum atomic E-state index is 12.8. The summed E-state index contributed by atoms with van der Waals surface area (Å²) in [4.78, 5) is 18.9. The van der Waals surface area contributed by atoms with Crippen molar-refractivity contribution in [2.75, 3.05) is 0 Å². The number of amides is 1. The van der Waals surface area contributed by atoms with Crippen molar-refractivity contribution in [1.82, 2.24) is 9.88 Å². The van der Waals surface area contributed by atoms with E-state index in [1.807, 2.05) is 23.2 Å². The minimum atomic E-state index is 0.0551. The Hall–Kier alpha value is -2.10. The van der Waals surface area contributed by atoms with Crippen LogP contribution in [0.25, 0.3) is 0 Å². The average Bonchev–Trinajstić information content (AvgIpc) is 3.08. The Morgan fingerprint density at radius 1 is 1.29 bits per heavy atom. The molecule has 21 heavy (non-hydrogen) atoms. The fraction of sp³-hybridized carbons (Fsp3) is 0.412. The van der Waals surface area contributed by atoms with Crippen LogP contribution in [-0.4, -0.2) is 21.8 Å². The molecule has 4 heteroatoms. The van der Waals surface area contributed by atoms with Crippen molar-refractivity contribution in [1.29, 1.82) is 0 Å². The molecule has 3 rings (SSSR count). The van der Waals surface area contributed by atoms with Crippen LogP contribution in [-0.2, 0) is 6.54 Å². The molecule has 1 saturated carbocycles. The lowest BCUT2D eigenvalue weighted by molar-refractivity contribution is 0.0613. The monoisotopic (exact) mass is 284 g/mol. The third-order valence-corrected chi connectivity index (χ3v) is 4.12. The van der Waals surface area contributed by atoms with Crippen molar-refractivity contribution < 1.29 is 9.21 Å². The van der Waals surface area contributed by atoms with E-state index in [0.29, 0.717) is 18.2 Å². The molecule has 0 radical (unpaired) electrons. The van der Waals surface area contributed by atoms with Gasteiger partial charge in [0.1, 0.15) is 6.26 Å². The molecule has 110 valence electrons. The lowest BCUT2D eigenvalue weighted by Gasteiger charge is -2.34. The predicted molar refractivity (Wildman–Crippen MR) is 79.7 cm³/mol. The Morgan fingerprint density at radius 2 is 2.14 bits per heavy atom. The normalized spacial score (nSPS) is 15.8. The van der Waals surface area contributed by atoms with E-state index in [-0.39, 0.29) is 5.91 Å². The summed E-state index contributed by atoms with van der Waals surface area (Å²) < 4.78 is 5.06. The fourth-order valence-corrected chi connectivity index (χ4v) is 3.00. The first-order valence-corrected chi connectivity index (χ1v) is 7.56. The molecular weight excluding hydrogens is 264 g/mol. The number of pyridine rings is 1. The van der Waals surface area contributed by atoms with Crippen LogP contribution in [0.15, 0.2) is 47.5 Å². The van der Waals surface area contributed by atoms with E-state index in [1.54, 1.807) is 18.5 Å². The number of carbonyl (C=O) groups excluding carboxylic acids is 1. The lowest BCUT2D eigenvalue weighted by Crippen LogP contribution is -2.40. The number of aromatic nitrogens is 1. The zero-order valence-electron chi connectivity index (χ0n) is 12.1. The summed E-state index contributed by atoms with van der Waals surface area (Å²) in [5.41, 5.74) is 1.70. The maximum Gasteiger partial charge on any atom is 0.257 e. The number of carbonyl (C=O) groups is 1. The van der Waals surface area contributed by atoms with E-state index >= 15 is 0 Å². The maximum absolute atomic E-state index is 12.8. The van der Waals surface area contributed by atoms with Gasteiger partial charge in [-0.2, -0.15) is 0 Å². The highest BCUT2D eigenvalue weighted by Gasteiger charge is 2.26. The fourth-order valence-electron chi connectivity index (χ4n) is 3.00. The molecule has 1 fully saturated rings. The topological polar surface area (TPSA) is 46.3 Å². The zero-order chi connectivity index (χ0) is 14.5. The van der Waals surface area contributed by atoms with Gasteiger partial charge in [0.05, 0.1) is 11.8 Å². The molecule has 0 unspecified atom stereocenters.